The Kier molecular flexibility index (Phi) is 13.0. The van der Waals surface area contributed by atoms with Crippen LogP contribution in [0.4, 0.5) is 10.2 Å². The molecule has 238 valence electrons. The Bertz CT molecular complexity index is 1160. The number of hydrogen-bond donors (Lipinski definition) is 1. The molecule has 1 saturated heterocycles. The largest absolute Gasteiger partial charge is 0.463 e. The van der Waals surface area contributed by atoms with Crippen molar-refractivity contribution in [3.05, 3.63) is 21.8 Å². The number of allylic oxidation sites excluding steroid dienone is 3. The summed E-state index contributed by atoms with van der Waals surface area (Å²) in [5, 5.41) is 11.0. The molecule has 42 heavy (non-hydrogen) atoms. The summed E-state index contributed by atoms with van der Waals surface area (Å²) in [6, 6.07) is 0.160. The van der Waals surface area contributed by atoms with E-state index in [0.29, 0.717) is 36.9 Å². The van der Waals surface area contributed by atoms with Crippen LogP contribution in [0.25, 0.3) is 11.4 Å². The molecule has 0 bridgehead atoms. The average Bonchev–Trinajstić information content (AvgIpc) is 3.16. The zero-order valence-corrected chi connectivity index (χ0v) is 28.4. The van der Waals surface area contributed by atoms with Crippen LogP contribution in [0.5, 0.6) is 6.01 Å². The highest BCUT2D eigenvalue weighted by Gasteiger charge is 2.37. The fraction of sp³-hybridized carbons (Fsp3) is 0.727. The lowest BCUT2D eigenvalue weighted by Crippen LogP contribution is -2.42. The molecule has 2 heterocycles. The van der Waals surface area contributed by atoms with E-state index < -0.39 is 11.4 Å². The minimum atomic E-state index is -1.10. The van der Waals surface area contributed by atoms with Crippen LogP contribution >= 0.6 is 15.9 Å². The number of hydrogen-bond acceptors (Lipinski definition) is 7. The number of aliphatic imine (C=N–C) groups is 1. The molecule has 0 radical (unpaired) electrons. The number of halogens is 2. The van der Waals surface area contributed by atoms with Crippen LogP contribution in [-0.4, -0.2) is 65.3 Å². The molecule has 0 aromatic carbocycles. The number of aliphatic hydroxyl groups is 1. The van der Waals surface area contributed by atoms with Gasteiger partial charge in [-0.15, -0.1) is 0 Å². The summed E-state index contributed by atoms with van der Waals surface area (Å²) in [6.45, 7) is 16.3. The molecule has 1 fully saturated rings. The van der Waals surface area contributed by atoms with Crippen LogP contribution in [0.2, 0.25) is 0 Å². The number of rotatable bonds is 14. The lowest BCUT2D eigenvalue weighted by molar-refractivity contribution is -0.0123. The maximum Gasteiger partial charge on any atom is 0.319 e. The van der Waals surface area contributed by atoms with Crippen molar-refractivity contribution in [3.63, 3.8) is 0 Å². The van der Waals surface area contributed by atoms with Crippen molar-refractivity contribution in [3.8, 4) is 6.01 Å². The average molecular weight is 654 g/mol. The molecule has 3 unspecified atom stereocenters. The molecular formula is C33H54BrFN4O3. The number of ether oxygens (including phenoxy) is 2. The lowest BCUT2D eigenvalue weighted by Gasteiger charge is -2.33. The minimum absolute atomic E-state index is 0. The van der Waals surface area contributed by atoms with Gasteiger partial charge in [0.25, 0.3) is 0 Å². The van der Waals surface area contributed by atoms with E-state index in [-0.39, 0.29) is 42.2 Å². The third-order valence-electron chi connectivity index (χ3n) is 8.30. The van der Waals surface area contributed by atoms with Crippen LogP contribution in [0.15, 0.2) is 15.6 Å². The van der Waals surface area contributed by atoms with Crippen molar-refractivity contribution < 1.29 is 20.4 Å². The topological polar surface area (TPSA) is 80.1 Å². The summed E-state index contributed by atoms with van der Waals surface area (Å²) < 4.78 is 28.6. The second-order valence-corrected chi connectivity index (χ2v) is 13.4. The zero-order chi connectivity index (χ0) is 30.9. The summed E-state index contributed by atoms with van der Waals surface area (Å²) in [4.78, 5) is 16.4. The van der Waals surface area contributed by atoms with Crippen molar-refractivity contribution >= 4 is 38.9 Å². The molecule has 9 heteroatoms. The normalized spacial score (nSPS) is 23.6. The van der Waals surface area contributed by atoms with Crippen LogP contribution in [-0.2, 0) is 4.74 Å². The van der Waals surface area contributed by atoms with Crippen LogP contribution in [0.3, 0.4) is 0 Å². The zero-order valence-electron chi connectivity index (χ0n) is 26.9. The first kappa shape index (κ1) is 34.6. The maximum atomic E-state index is 16.2. The predicted octanol–water partition coefficient (Wildman–Crippen LogP) is 8.55. The molecular weight excluding hydrogens is 599 g/mol. The van der Waals surface area contributed by atoms with Gasteiger partial charge in [-0.25, -0.2) is 4.39 Å². The van der Waals surface area contributed by atoms with Gasteiger partial charge in [-0.3, -0.25) is 4.99 Å². The molecule has 1 aliphatic carbocycles. The highest BCUT2D eigenvalue weighted by atomic mass is 79.9. The van der Waals surface area contributed by atoms with Crippen molar-refractivity contribution in [1.29, 1.82) is 0 Å². The molecule has 1 aliphatic heterocycles. The molecule has 3 rings (SSSR count). The lowest BCUT2D eigenvalue weighted by atomic mass is 9.81. The Balaban J connectivity index is 0.00000645. The molecule has 7 nitrogen and oxygen atoms in total. The number of aromatic nitrogens is 2. The molecule has 1 aromatic heterocycles. The molecule has 0 amide bonds. The van der Waals surface area contributed by atoms with Gasteiger partial charge in [-0.05, 0) is 56.0 Å². The Hall–Kier alpha value is -1.84. The maximum absolute atomic E-state index is 16.2. The van der Waals surface area contributed by atoms with E-state index in [1.54, 1.807) is 6.92 Å². The summed E-state index contributed by atoms with van der Waals surface area (Å²) in [7, 11) is 0. The van der Waals surface area contributed by atoms with Gasteiger partial charge in [-0.1, -0.05) is 72.3 Å². The Morgan fingerprint density at radius 1 is 1.21 bits per heavy atom. The SMILES string of the molecule is C/C=C1\C(=NC(C)CC)C(Br)=C(F)c2nc(OCC(C)(CCCC)CCCCCC)nc(N3CCOCC(C)(O)C3)c21.[HH]. The number of β-amino-alcohol motifs (C(OH)–C–C–N with tert-alkyl or cyclic N) is 1. The van der Waals surface area contributed by atoms with Gasteiger partial charge < -0.3 is 19.5 Å². The first-order chi connectivity index (χ1) is 20.0. The Morgan fingerprint density at radius 2 is 1.93 bits per heavy atom. The van der Waals surface area contributed by atoms with E-state index in [4.69, 9.17) is 19.5 Å². The monoisotopic (exact) mass is 652 g/mol. The van der Waals surface area contributed by atoms with Gasteiger partial charge in [-0.2, -0.15) is 9.97 Å². The van der Waals surface area contributed by atoms with Gasteiger partial charge in [0, 0.05) is 25.0 Å². The fourth-order valence-electron chi connectivity index (χ4n) is 5.57. The highest BCUT2D eigenvalue weighted by Crippen LogP contribution is 2.44. The predicted molar refractivity (Wildman–Crippen MR) is 177 cm³/mol. The van der Waals surface area contributed by atoms with Gasteiger partial charge >= 0.3 is 6.01 Å². The van der Waals surface area contributed by atoms with E-state index in [1.165, 1.54) is 19.3 Å². The van der Waals surface area contributed by atoms with Gasteiger partial charge in [0.15, 0.2) is 5.83 Å². The summed E-state index contributed by atoms with van der Waals surface area (Å²) in [5.74, 6) is 0.0383. The van der Waals surface area contributed by atoms with E-state index in [9.17, 15) is 5.11 Å². The van der Waals surface area contributed by atoms with E-state index in [0.717, 1.165) is 44.1 Å². The third-order valence-corrected chi connectivity index (χ3v) is 9.02. The Labute approximate surface area is 262 Å². The Morgan fingerprint density at radius 3 is 2.60 bits per heavy atom. The van der Waals surface area contributed by atoms with Gasteiger partial charge in [0.2, 0.25) is 0 Å². The number of fused-ring (bicyclic) bond motifs is 1. The second-order valence-electron chi connectivity index (χ2n) is 12.6. The highest BCUT2D eigenvalue weighted by molar-refractivity contribution is 9.12. The number of unbranched alkanes of at least 4 members (excludes halogenated alkanes) is 4. The number of nitrogens with zero attached hydrogens (tertiary/aromatic N) is 4. The first-order valence-corrected chi connectivity index (χ1v) is 16.7. The molecule has 0 spiro atoms. The third kappa shape index (κ3) is 8.85. The fourth-order valence-corrected chi connectivity index (χ4v) is 6.07. The summed E-state index contributed by atoms with van der Waals surface area (Å²) in [5.41, 5.74) is 0.934. The van der Waals surface area contributed by atoms with Crippen molar-refractivity contribution in [1.82, 2.24) is 9.97 Å². The molecule has 1 N–H and O–H groups in total. The molecule has 0 saturated carbocycles. The molecule has 3 atom stereocenters. The van der Waals surface area contributed by atoms with Crippen molar-refractivity contribution in [2.75, 3.05) is 37.8 Å². The number of anilines is 1. The van der Waals surface area contributed by atoms with Crippen LogP contribution in [0.1, 0.15) is 119 Å². The van der Waals surface area contributed by atoms with E-state index in [1.807, 2.05) is 24.8 Å². The smallest absolute Gasteiger partial charge is 0.319 e. The molecule has 1 aromatic rings. The molecule has 2 aliphatic rings. The summed E-state index contributed by atoms with van der Waals surface area (Å²) >= 11 is 3.50. The van der Waals surface area contributed by atoms with Crippen molar-refractivity contribution in [2.24, 2.45) is 10.4 Å². The second kappa shape index (κ2) is 15.8. The van der Waals surface area contributed by atoms with Crippen LogP contribution in [0, 0.1) is 5.41 Å². The standard InChI is InChI=1S/C33H52BrFN4O3.H2/c1-8-12-14-15-17-32(6,16-13-9-2)21-42-31-37-29-25(30(38-31)39-18-19-41-22-33(7,40)20-39)24(11-4)28(26(34)27(29)35)36-23(5)10-3;/h11,23,40H,8-10,12-22H2,1-7H3;1H/b24-11-,36-28?;. The summed E-state index contributed by atoms with van der Waals surface area (Å²) in [6.07, 6.45) is 11.9. The van der Waals surface area contributed by atoms with Gasteiger partial charge in [0.05, 0.1) is 42.1 Å². The van der Waals surface area contributed by atoms with Gasteiger partial charge in [0.1, 0.15) is 17.1 Å². The quantitative estimate of drug-likeness (QED) is 0.203. The van der Waals surface area contributed by atoms with Crippen LogP contribution < -0.4 is 9.64 Å². The minimum Gasteiger partial charge on any atom is -0.463 e. The first-order valence-electron chi connectivity index (χ1n) is 15.9. The van der Waals surface area contributed by atoms with Crippen molar-refractivity contribution in [2.45, 2.75) is 118 Å². The van der Waals surface area contributed by atoms with E-state index >= 15 is 4.39 Å². The van der Waals surface area contributed by atoms with E-state index in [2.05, 4.69) is 48.6 Å².